The SMILES string of the molecule is CCCCOC(=O)c1ccc(NC(=O)Cn2cnc3ccccc32)cc1. The number of nitrogens with one attached hydrogen (secondary N) is 1. The lowest BCUT2D eigenvalue weighted by molar-refractivity contribution is -0.116. The Hall–Kier alpha value is -3.15. The number of nitrogens with zero attached hydrogens (tertiary/aromatic N) is 2. The minimum Gasteiger partial charge on any atom is -0.462 e. The molecule has 3 aromatic rings. The molecule has 1 amide bonds. The highest BCUT2D eigenvalue weighted by atomic mass is 16.5. The maximum absolute atomic E-state index is 12.3. The van der Waals surface area contributed by atoms with Gasteiger partial charge in [-0.05, 0) is 42.8 Å². The van der Waals surface area contributed by atoms with E-state index in [2.05, 4.69) is 10.3 Å². The standard InChI is InChI=1S/C20H21N3O3/c1-2-3-12-26-20(25)15-8-10-16(11-9-15)22-19(24)13-23-14-21-17-6-4-5-7-18(17)23/h4-11,14H,2-3,12-13H2,1H3,(H,22,24). The normalized spacial score (nSPS) is 10.7. The van der Waals surface area contributed by atoms with Crippen LogP contribution in [0.3, 0.4) is 0 Å². The van der Waals surface area contributed by atoms with Gasteiger partial charge in [0.25, 0.3) is 0 Å². The van der Waals surface area contributed by atoms with Gasteiger partial charge >= 0.3 is 5.97 Å². The van der Waals surface area contributed by atoms with Gasteiger partial charge in [-0.15, -0.1) is 0 Å². The number of aromatic nitrogens is 2. The average molecular weight is 351 g/mol. The highest BCUT2D eigenvalue weighted by Gasteiger charge is 2.09. The van der Waals surface area contributed by atoms with Crippen LogP contribution in [0.2, 0.25) is 0 Å². The van der Waals surface area contributed by atoms with Gasteiger partial charge < -0.3 is 14.6 Å². The summed E-state index contributed by atoms with van der Waals surface area (Å²) in [6.07, 6.45) is 3.48. The number of imidazole rings is 1. The number of esters is 1. The molecule has 6 heteroatoms. The van der Waals surface area contributed by atoms with Gasteiger partial charge in [0.15, 0.2) is 0 Å². The number of amides is 1. The van der Waals surface area contributed by atoms with E-state index in [1.54, 1.807) is 35.2 Å². The molecule has 134 valence electrons. The Labute approximate surface area is 151 Å². The monoisotopic (exact) mass is 351 g/mol. The molecule has 0 saturated carbocycles. The topological polar surface area (TPSA) is 73.2 Å². The predicted molar refractivity (Wildman–Crippen MR) is 100.0 cm³/mol. The minimum atomic E-state index is -0.346. The van der Waals surface area contributed by atoms with Gasteiger partial charge in [0.2, 0.25) is 5.91 Å². The number of ether oxygens (including phenoxy) is 1. The molecule has 1 aromatic heterocycles. The van der Waals surface area contributed by atoms with Crippen molar-refractivity contribution < 1.29 is 14.3 Å². The molecule has 1 N–H and O–H groups in total. The number of para-hydroxylation sites is 2. The molecule has 0 spiro atoms. The smallest absolute Gasteiger partial charge is 0.338 e. The molecule has 0 aliphatic heterocycles. The van der Waals surface area contributed by atoms with Crippen molar-refractivity contribution in [2.45, 2.75) is 26.3 Å². The molecule has 0 radical (unpaired) electrons. The Morgan fingerprint density at radius 3 is 2.65 bits per heavy atom. The maximum Gasteiger partial charge on any atom is 0.338 e. The summed E-state index contributed by atoms with van der Waals surface area (Å²) in [7, 11) is 0. The van der Waals surface area contributed by atoms with Gasteiger partial charge in [-0.3, -0.25) is 4.79 Å². The molecule has 2 aromatic carbocycles. The molecular weight excluding hydrogens is 330 g/mol. The number of hydrogen-bond donors (Lipinski definition) is 1. The lowest BCUT2D eigenvalue weighted by Crippen LogP contribution is -2.18. The van der Waals surface area contributed by atoms with Gasteiger partial charge in [-0.1, -0.05) is 25.5 Å². The first-order valence-corrected chi connectivity index (χ1v) is 8.64. The number of carbonyl (C=O) groups excluding carboxylic acids is 2. The van der Waals surface area contributed by atoms with E-state index in [1.165, 1.54) is 0 Å². The zero-order chi connectivity index (χ0) is 18.4. The van der Waals surface area contributed by atoms with E-state index in [9.17, 15) is 9.59 Å². The van der Waals surface area contributed by atoms with Crippen molar-refractivity contribution >= 4 is 28.6 Å². The van der Waals surface area contributed by atoms with E-state index in [-0.39, 0.29) is 18.4 Å². The summed E-state index contributed by atoms with van der Waals surface area (Å²) in [5.41, 5.74) is 2.86. The fourth-order valence-electron chi connectivity index (χ4n) is 2.57. The quantitative estimate of drug-likeness (QED) is 0.521. The van der Waals surface area contributed by atoms with Crippen LogP contribution in [0.25, 0.3) is 11.0 Å². The number of rotatable bonds is 7. The van der Waals surface area contributed by atoms with Crippen molar-refractivity contribution in [1.29, 1.82) is 0 Å². The highest BCUT2D eigenvalue weighted by Crippen LogP contribution is 2.13. The molecule has 0 bridgehead atoms. The fraction of sp³-hybridized carbons (Fsp3) is 0.250. The van der Waals surface area contributed by atoms with Crippen molar-refractivity contribution in [1.82, 2.24) is 9.55 Å². The lowest BCUT2D eigenvalue weighted by Gasteiger charge is -2.08. The van der Waals surface area contributed by atoms with Crippen LogP contribution in [-0.4, -0.2) is 28.0 Å². The van der Waals surface area contributed by atoms with E-state index in [4.69, 9.17) is 4.74 Å². The number of unbranched alkanes of at least 4 members (excludes halogenated alkanes) is 1. The molecule has 0 fully saturated rings. The third kappa shape index (κ3) is 4.27. The maximum atomic E-state index is 12.3. The first kappa shape index (κ1) is 17.7. The molecule has 0 saturated heterocycles. The van der Waals surface area contributed by atoms with Gasteiger partial charge in [0.05, 0.1) is 29.5 Å². The van der Waals surface area contributed by atoms with Crippen LogP contribution in [0.15, 0.2) is 54.9 Å². The molecule has 0 atom stereocenters. The Bertz CT molecular complexity index is 900. The number of benzene rings is 2. The van der Waals surface area contributed by atoms with Crippen molar-refractivity contribution in [2.24, 2.45) is 0 Å². The van der Waals surface area contributed by atoms with E-state index in [0.29, 0.717) is 17.9 Å². The van der Waals surface area contributed by atoms with Crippen molar-refractivity contribution in [2.75, 3.05) is 11.9 Å². The van der Waals surface area contributed by atoms with Crippen LogP contribution in [0, 0.1) is 0 Å². The van der Waals surface area contributed by atoms with Crippen LogP contribution >= 0.6 is 0 Å². The minimum absolute atomic E-state index is 0.161. The van der Waals surface area contributed by atoms with Crippen molar-refractivity contribution in [3.8, 4) is 0 Å². The van der Waals surface area contributed by atoms with E-state index in [0.717, 1.165) is 23.9 Å². The Morgan fingerprint density at radius 2 is 1.88 bits per heavy atom. The zero-order valence-electron chi connectivity index (χ0n) is 14.6. The summed E-state index contributed by atoms with van der Waals surface area (Å²) < 4.78 is 6.96. The molecule has 0 aliphatic rings. The number of hydrogen-bond acceptors (Lipinski definition) is 4. The second-order valence-electron chi connectivity index (χ2n) is 5.98. The van der Waals surface area contributed by atoms with E-state index in [1.807, 2.05) is 31.2 Å². The average Bonchev–Trinajstić information content (AvgIpc) is 3.05. The van der Waals surface area contributed by atoms with Gasteiger partial charge in [-0.25, -0.2) is 9.78 Å². The summed E-state index contributed by atoms with van der Waals surface area (Å²) in [6, 6.07) is 14.3. The number of anilines is 1. The van der Waals surface area contributed by atoms with Crippen LogP contribution in [0.5, 0.6) is 0 Å². The zero-order valence-corrected chi connectivity index (χ0v) is 14.6. The molecule has 0 aliphatic carbocycles. The van der Waals surface area contributed by atoms with Crippen molar-refractivity contribution in [3.05, 3.63) is 60.4 Å². The summed E-state index contributed by atoms with van der Waals surface area (Å²) in [5, 5.41) is 2.82. The summed E-state index contributed by atoms with van der Waals surface area (Å²) in [6.45, 7) is 2.63. The Morgan fingerprint density at radius 1 is 1.12 bits per heavy atom. The second-order valence-corrected chi connectivity index (χ2v) is 5.98. The van der Waals surface area contributed by atoms with Crippen molar-refractivity contribution in [3.63, 3.8) is 0 Å². The van der Waals surface area contributed by atoms with Crippen LogP contribution in [0.1, 0.15) is 30.1 Å². The molecule has 0 unspecified atom stereocenters. The molecular formula is C20H21N3O3. The summed E-state index contributed by atoms with van der Waals surface area (Å²) in [4.78, 5) is 28.4. The van der Waals surface area contributed by atoms with Crippen LogP contribution in [-0.2, 0) is 16.1 Å². The largest absolute Gasteiger partial charge is 0.462 e. The third-order valence-electron chi connectivity index (χ3n) is 3.98. The second kappa shape index (κ2) is 8.29. The van der Waals surface area contributed by atoms with E-state index < -0.39 is 0 Å². The van der Waals surface area contributed by atoms with Gasteiger partial charge in [0.1, 0.15) is 6.54 Å². The lowest BCUT2D eigenvalue weighted by atomic mass is 10.2. The fourth-order valence-corrected chi connectivity index (χ4v) is 2.57. The first-order chi connectivity index (χ1) is 12.7. The van der Waals surface area contributed by atoms with Crippen LogP contribution < -0.4 is 5.32 Å². The van der Waals surface area contributed by atoms with E-state index >= 15 is 0 Å². The Balaban J connectivity index is 1.58. The number of fused-ring (bicyclic) bond motifs is 1. The van der Waals surface area contributed by atoms with Gasteiger partial charge in [0, 0.05) is 5.69 Å². The highest BCUT2D eigenvalue weighted by molar-refractivity contribution is 5.93. The Kier molecular flexibility index (Phi) is 5.63. The number of carbonyl (C=O) groups is 2. The molecule has 26 heavy (non-hydrogen) atoms. The third-order valence-corrected chi connectivity index (χ3v) is 3.98. The molecule has 6 nitrogen and oxygen atoms in total. The summed E-state index contributed by atoms with van der Waals surface area (Å²) >= 11 is 0. The predicted octanol–water partition coefficient (Wildman–Crippen LogP) is 3.63. The van der Waals surface area contributed by atoms with Gasteiger partial charge in [-0.2, -0.15) is 0 Å². The molecule has 1 heterocycles. The molecule has 3 rings (SSSR count). The first-order valence-electron chi connectivity index (χ1n) is 8.64. The summed E-state index contributed by atoms with van der Waals surface area (Å²) in [5.74, 6) is -0.507. The van der Waals surface area contributed by atoms with Crippen LogP contribution in [0.4, 0.5) is 5.69 Å².